The smallest absolute Gasteiger partial charge is 0.0701 e. The van der Waals surface area contributed by atoms with Crippen molar-refractivity contribution in [1.82, 2.24) is 5.32 Å². The van der Waals surface area contributed by atoms with Gasteiger partial charge in [0, 0.05) is 0 Å². The van der Waals surface area contributed by atoms with Crippen LogP contribution in [0.5, 0.6) is 0 Å². The Balaban J connectivity index is 2.20. The zero-order chi connectivity index (χ0) is 9.97. The molecule has 0 radical (unpaired) electrons. The Hall–Kier alpha value is -0.120. The van der Waals surface area contributed by atoms with Crippen LogP contribution >= 0.6 is 27.3 Å². The number of halogens is 1. The van der Waals surface area contributed by atoms with Crippen LogP contribution in [0.3, 0.4) is 0 Å². The van der Waals surface area contributed by atoms with Crippen molar-refractivity contribution in [3.63, 3.8) is 0 Å². The largest absolute Gasteiger partial charge is 0.310 e. The maximum Gasteiger partial charge on any atom is 0.0701 e. The molecule has 0 amide bonds. The molecule has 76 valence electrons. The van der Waals surface area contributed by atoms with Gasteiger partial charge in [0.25, 0.3) is 0 Å². The average molecular weight is 272 g/mol. The molecule has 0 bridgehead atoms. The molecule has 1 atom stereocenters. The highest BCUT2D eigenvalue weighted by Crippen LogP contribution is 2.33. The van der Waals surface area contributed by atoms with Gasteiger partial charge in [-0.15, -0.1) is 11.3 Å². The van der Waals surface area contributed by atoms with Crippen molar-refractivity contribution in [3.05, 3.63) is 32.4 Å². The van der Waals surface area contributed by atoms with Gasteiger partial charge in [0.2, 0.25) is 0 Å². The van der Waals surface area contributed by atoms with Gasteiger partial charge in [-0.05, 0) is 59.2 Å². The SMILES string of the molecule is CNC(C1=CCCC1)c1csc(Br)c1. The van der Waals surface area contributed by atoms with Gasteiger partial charge >= 0.3 is 0 Å². The van der Waals surface area contributed by atoms with E-state index in [9.17, 15) is 0 Å². The van der Waals surface area contributed by atoms with Crippen molar-refractivity contribution in [2.75, 3.05) is 7.05 Å². The molecule has 1 unspecified atom stereocenters. The number of rotatable bonds is 3. The second kappa shape index (κ2) is 4.60. The molecule has 1 nitrogen and oxygen atoms in total. The summed E-state index contributed by atoms with van der Waals surface area (Å²) in [4.78, 5) is 0. The summed E-state index contributed by atoms with van der Waals surface area (Å²) in [6.07, 6.45) is 6.20. The van der Waals surface area contributed by atoms with Crippen molar-refractivity contribution >= 4 is 27.3 Å². The fourth-order valence-corrected chi connectivity index (χ4v) is 3.20. The molecule has 1 aromatic heterocycles. The molecule has 14 heavy (non-hydrogen) atoms. The quantitative estimate of drug-likeness (QED) is 0.823. The maximum atomic E-state index is 3.51. The molecule has 0 saturated heterocycles. The average Bonchev–Trinajstić information content (AvgIpc) is 2.79. The molecule has 1 N–H and O–H groups in total. The van der Waals surface area contributed by atoms with Gasteiger partial charge in [-0.2, -0.15) is 0 Å². The second-order valence-electron chi connectivity index (χ2n) is 3.58. The van der Waals surface area contributed by atoms with Gasteiger partial charge in [-0.25, -0.2) is 0 Å². The number of allylic oxidation sites excluding steroid dienone is 1. The molecular weight excluding hydrogens is 258 g/mol. The first-order valence-electron chi connectivity index (χ1n) is 4.91. The van der Waals surface area contributed by atoms with E-state index in [1.807, 2.05) is 7.05 Å². The highest BCUT2D eigenvalue weighted by molar-refractivity contribution is 9.11. The summed E-state index contributed by atoms with van der Waals surface area (Å²) in [7, 11) is 2.04. The van der Waals surface area contributed by atoms with E-state index in [0.717, 1.165) is 0 Å². The van der Waals surface area contributed by atoms with Crippen LogP contribution in [0.4, 0.5) is 0 Å². The Morgan fingerprint density at radius 2 is 2.43 bits per heavy atom. The highest BCUT2D eigenvalue weighted by atomic mass is 79.9. The normalized spacial score (nSPS) is 18.3. The van der Waals surface area contributed by atoms with E-state index in [0.29, 0.717) is 6.04 Å². The van der Waals surface area contributed by atoms with Crippen LogP contribution in [0.25, 0.3) is 0 Å². The molecule has 0 fully saturated rings. The van der Waals surface area contributed by atoms with Gasteiger partial charge < -0.3 is 5.32 Å². The van der Waals surface area contributed by atoms with E-state index >= 15 is 0 Å². The van der Waals surface area contributed by atoms with E-state index in [1.165, 1.54) is 28.6 Å². The van der Waals surface area contributed by atoms with Gasteiger partial charge in [0.15, 0.2) is 0 Å². The van der Waals surface area contributed by atoms with E-state index in [4.69, 9.17) is 0 Å². The van der Waals surface area contributed by atoms with E-state index in [-0.39, 0.29) is 0 Å². The predicted octanol–water partition coefficient (Wildman–Crippen LogP) is 3.88. The Bertz CT molecular complexity index is 343. The number of likely N-dealkylation sites (N-methyl/N-ethyl adjacent to an activating group) is 1. The molecule has 1 heterocycles. The first kappa shape index (κ1) is 10.4. The third-order valence-electron chi connectivity index (χ3n) is 2.66. The first-order chi connectivity index (χ1) is 6.81. The van der Waals surface area contributed by atoms with Crippen molar-refractivity contribution in [2.24, 2.45) is 0 Å². The fraction of sp³-hybridized carbons (Fsp3) is 0.455. The summed E-state index contributed by atoms with van der Waals surface area (Å²) < 4.78 is 1.21. The zero-order valence-electron chi connectivity index (χ0n) is 8.22. The third kappa shape index (κ3) is 2.10. The number of hydrogen-bond acceptors (Lipinski definition) is 2. The lowest BCUT2D eigenvalue weighted by molar-refractivity contribution is 0.658. The van der Waals surface area contributed by atoms with Crippen LogP contribution in [0, 0.1) is 0 Å². The van der Waals surface area contributed by atoms with Crippen LogP contribution in [-0.2, 0) is 0 Å². The first-order valence-corrected chi connectivity index (χ1v) is 6.58. The predicted molar refractivity (Wildman–Crippen MR) is 65.8 cm³/mol. The van der Waals surface area contributed by atoms with Crippen LogP contribution < -0.4 is 5.32 Å². The van der Waals surface area contributed by atoms with Gasteiger partial charge in [0.05, 0.1) is 9.83 Å². The third-order valence-corrected chi connectivity index (χ3v) is 4.18. The Kier molecular flexibility index (Phi) is 3.42. The minimum absolute atomic E-state index is 0.431. The van der Waals surface area contributed by atoms with Crippen LogP contribution in [0.2, 0.25) is 0 Å². The summed E-state index contributed by atoms with van der Waals surface area (Å²) in [5.74, 6) is 0. The molecule has 0 aliphatic heterocycles. The molecule has 1 aromatic rings. The Morgan fingerprint density at radius 3 is 2.93 bits per heavy atom. The number of hydrogen-bond donors (Lipinski definition) is 1. The minimum atomic E-state index is 0.431. The fourth-order valence-electron chi connectivity index (χ4n) is 2.00. The highest BCUT2D eigenvalue weighted by Gasteiger charge is 2.17. The summed E-state index contributed by atoms with van der Waals surface area (Å²) in [5, 5.41) is 5.62. The van der Waals surface area contributed by atoms with E-state index in [1.54, 1.807) is 16.9 Å². The molecular formula is C11H14BrNS. The zero-order valence-corrected chi connectivity index (χ0v) is 10.6. The van der Waals surface area contributed by atoms with Crippen molar-refractivity contribution in [2.45, 2.75) is 25.3 Å². The minimum Gasteiger partial charge on any atom is -0.310 e. The number of nitrogens with one attached hydrogen (secondary N) is 1. The summed E-state index contributed by atoms with van der Waals surface area (Å²) in [6, 6.07) is 2.64. The van der Waals surface area contributed by atoms with Gasteiger partial charge in [-0.1, -0.05) is 11.6 Å². The molecule has 1 aliphatic rings. The lowest BCUT2D eigenvalue weighted by Crippen LogP contribution is -2.17. The standard InChI is InChI=1S/C11H14BrNS/c1-13-11(8-4-2-3-5-8)9-6-10(12)14-7-9/h4,6-7,11,13H,2-3,5H2,1H3. The molecule has 0 spiro atoms. The lowest BCUT2D eigenvalue weighted by Gasteiger charge is -2.16. The molecule has 0 saturated carbocycles. The van der Waals surface area contributed by atoms with Crippen LogP contribution in [-0.4, -0.2) is 7.05 Å². The molecule has 1 aliphatic carbocycles. The molecule has 2 rings (SSSR count). The monoisotopic (exact) mass is 271 g/mol. The molecule has 3 heteroatoms. The summed E-state index contributed by atoms with van der Waals surface area (Å²) in [5.41, 5.74) is 2.94. The van der Waals surface area contributed by atoms with E-state index in [2.05, 4.69) is 38.8 Å². The number of thiophene rings is 1. The maximum absolute atomic E-state index is 3.51. The van der Waals surface area contributed by atoms with Crippen molar-refractivity contribution in [1.29, 1.82) is 0 Å². The van der Waals surface area contributed by atoms with Crippen LogP contribution in [0.15, 0.2) is 26.9 Å². The van der Waals surface area contributed by atoms with Crippen molar-refractivity contribution < 1.29 is 0 Å². The Morgan fingerprint density at radius 1 is 1.57 bits per heavy atom. The van der Waals surface area contributed by atoms with Crippen LogP contribution in [0.1, 0.15) is 30.9 Å². The van der Waals surface area contributed by atoms with Gasteiger partial charge in [-0.3, -0.25) is 0 Å². The van der Waals surface area contributed by atoms with Crippen molar-refractivity contribution in [3.8, 4) is 0 Å². The van der Waals surface area contributed by atoms with Gasteiger partial charge in [0.1, 0.15) is 0 Å². The lowest BCUT2D eigenvalue weighted by atomic mass is 10.0. The molecule has 0 aromatic carbocycles. The summed E-state index contributed by atoms with van der Waals surface area (Å²) in [6.45, 7) is 0. The second-order valence-corrected chi connectivity index (χ2v) is 5.87. The Labute approximate surface area is 97.3 Å². The van der Waals surface area contributed by atoms with E-state index < -0.39 is 0 Å². The topological polar surface area (TPSA) is 12.0 Å². The summed E-state index contributed by atoms with van der Waals surface area (Å²) >= 11 is 5.27.